The van der Waals surface area contributed by atoms with Crippen LogP contribution in [0.5, 0.6) is 0 Å². The van der Waals surface area contributed by atoms with Crippen LogP contribution >= 0.6 is 0 Å². The summed E-state index contributed by atoms with van der Waals surface area (Å²) >= 11 is 0. The van der Waals surface area contributed by atoms with E-state index in [1.165, 1.54) is 0 Å². The molecule has 5 nitrogen and oxygen atoms in total. The lowest BCUT2D eigenvalue weighted by molar-refractivity contribution is 0.0876. The molecule has 1 aromatic heterocycles. The second-order valence-electron chi connectivity index (χ2n) is 5.17. The number of ketones is 1. The molecule has 19 heavy (non-hydrogen) atoms. The van der Waals surface area contributed by atoms with Crippen molar-refractivity contribution in [3.05, 3.63) is 30.0 Å². The van der Waals surface area contributed by atoms with E-state index in [9.17, 15) is 4.79 Å². The highest BCUT2D eigenvalue weighted by molar-refractivity contribution is 6.00. The van der Waals surface area contributed by atoms with Crippen LogP contribution in [0.15, 0.2) is 24.4 Å². The van der Waals surface area contributed by atoms with Gasteiger partial charge in [-0.25, -0.2) is 0 Å². The van der Waals surface area contributed by atoms with Gasteiger partial charge in [-0.2, -0.15) is 5.10 Å². The highest BCUT2D eigenvalue weighted by atomic mass is 16.1. The van der Waals surface area contributed by atoms with Crippen molar-refractivity contribution in [2.45, 2.75) is 0 Å². The van der Waals surface area contributed by atoms with Crippen LogP contribution in [0.2, 0.25) is 0 Å². The van der Waals surface area contributed by atoms with Gasteiger partial charge in [0, 0.05) is 37.1 Å². The summed E-state index contributed by atoms with van der Waals surface area (Å²) in [5, 5.41) is 7.91. The van der Waals surface area contributed by atoms with Crippen LogP contribution in [-0.4, -0.2) is 65.6 Å². The number of carbonyl (C=O) groups excluding carboxylic acids is 1. The zero-order valence-electron chi connectivity index (χ0n) is 11.1. The lowest BCUT2D eigenvalue weighted by Gasteiger charge is -2.31. The molecule has 0 spiro atoms. The lowest BCUT2D eigenvalue weighted by Crippen LogP contribution is -2.46. The Hall–Kier alpha value is -1.72. The summed E-state index contributed by atoms with van der Waals surface area (Å²) in [6.07, 6.45) is 1.77. The van der Waals surface area contributed by atoms with Gasteiger partial charge in [0.2, 0.25) is 0 Å². The van der Waals surface area contributed by atoms with Crippen molar-refractivity contribution in [2.24, 2.45) is 0 Å². The number of nitrogens with zero attached hydrogens (tertiary/aromatic N) is 3. The fourth-order valence-electron chi connectivity index (χ4n) is 2.41. The summed E-state index contributed by atoms with van der Waals surface area (Å²) in [5.74, 6) is 0.182. The molecule has 3 rings (SSSR count). The number of benzene rings is 1. The Morgan fingerprint density at radius 2 is 2.11 bits per heavy atom. The number of H-pyrrole nitrogens is 1. The van der Waals surface area contributed by atoms with Crippen LogP contribution in [0, 0.1) is 0 Å². The quantitative estimate of drug-likeness (QED) is 0.834. The summed E-state index contributed by atoms with van der Waals surface area (Å²) in [6, 6.07) is 5.72. The summed E-state index contributed by atoms with van der Waals surface area (Å²) in [7, 11) is 2.12. The second kappa shape index (κ2) is 5.11. The Bertz CT molecular complexity index is 584. The Morgan fingerprint density at radius 1 is 1.32 bits per heavy atom. The van der Waals surface area contributed by atoms with Crippen molar-refractivity contribution >= 4 is 16.7 Å². The Morgan fingerprint density at radius 3 is 2.89 bits per heavy atom. The van der Waals surface area contributed by atoms with Gasteiger partial charge in [0.25, 0.3) is 0 Å². The molecule has 1 N–H and O–H groups in total. The summed E-state index contributed by atoms with van der Waals surface area (Å²) in [4.78, 5) is 16.8. The number of nitrogens with one attached hydrogen (secondary N) is 1. The molecule has 0 saturated carbocycles. The molecule has 0 unspecified atom stereocenters. The van der Waals surface area contributed by atoms with Gasteiger partial charge in [-0.1, -0.05) is 12.1 Å². The van der Waals surface area contributed by atoms with E-state index in [1.54, 1.807) is 6.20 Å². The SMILES string of the molecule is CN1CCN(CC(=O)c2ccc3cn[nH]c3c2)CC1. The number of rotatable bonds is 3. The van der Waals surface area contributed by atoms with Crippen molar-refractivity contribution in [3.8, 4) is 0 Å². The molecule has 5 heteroatoms. The van der Waals surface area contributed by atoms with E-state index in [4.69, 9.17) is 0 Å². The Labute approximate surface area is 112 Å². The molecule has 2 heterocycles. The van der Waals surface area contributed by atoms with E-state index in [-0.39, 0.29) is 5.78 Å². The molecule has 1 aliphatic rings. The normalized spacial score (nSPS) is 17.9. The van der Waals surface area contributed by atoms with Gasteiger partial charge >= 0.3 is 0 Å². The first-order chi connectivity index (χ1) is 9.22. The van der Waals surface area contributed by atoms with Gasteiger partial charge in [0.05, 0.1) is 18.3 Å². The smallest absolute Gasteiger partial charge is 0.176 e. The minimum atomic E-state index is 0.182. The first kappa shape index (κ1) is 12.3. The molecular weight excluding hydrogens is 240 g/mol. The monoisotopic (exact) mass is 258 g/mol. The average Bonchev–Trinajstić information content (AvgIpc) is 2.88. The fraction of sp³-hybridized carbons (Fsp3) is 0.429. The van der Waals surface area contributed by atoms with Crippen molar-refractivity contribution in [3.63, 3.8) is 0 Å². The standard InChI is InChI=1S/C14H18N4O/c1-17-4-6-18(7-5-17)10-14(19)11-2-3-12-9-15-16-13(12)8-11/h2-3,8-9H,4-7,10H2,1H3,(H,15,16). The van der Waals surface area contributed by atoms with E-state index < -0.39 is 0 Å². The maximum atomic E-state index is 12.3. The van der Waals surface area contributed by atoms with E-state index in [0.717, 1.165) is 42.6 Å². The number of hydrogen-bond acceptors (Lipinski definition) is 4. The predicted octanol–water partition coefficient (Wildman–Crippen LogP) is 0.993. The van der Waals surface area contributed by atoms with E-state index in [2.05, 4.69) is 27.0 Å². The van der Waals surface area contributed by atoms with Crippen LogP contribution in [0.25, 0.3) is 10.9 Å². The van der Waals surface area contributed by atoms with Gasteiger partial charge in [0.15, 0.2) is 5.78 Å². The predicted molar refractivity (Wildman–Crippen MR) is 74.4 cm³/mol. The fourth-order valence-corrected chi connectivity index (χ4v) is 2.41. The number of hydrogen-bond donors (Lipinski definition) is 1. The van der Waals surface area contributed by atoms with Gasteiger partial charge in [-0.3, -0.25) is 14.8 Å². The number of Topliss-reactive ketones (excluding diaryl/α,β-unsaturated/α-hetero) is 1. The average molecular weight is 258 g/mol. The van der Waals surface area contributed by atoms with E-state index in [1.807, 2.05) is 18.2 Å². The van der Waals surface area contributed by atoms with E-state index >= 15 is 0 Å². The Balaban J connectivity index is 1.69. The molecule has 0 bridgehead atoms. The van der Waals surface area contributed by atoms with Crippen molar-refractivity contribution in [1.29, 1.82) is 0 Å². The van der Waals surface area contributed by atoms with E-state index in [0.29, 0.717) is 6.54 Å². The third-order valence-corrected chi connectivity index (χ3v) is 3.73. The molecule has 0 amide bonds. The number of fused-ring (bicyclic) bond motifs is 1. The summed E-state index contributed by atoms with van der Waals surface area (Å²) in [6.45, 7) is 4.51. The van der Waals surface area contributed by atoms with Gasteiger partial charge in [-0.15, -0.1) is 0 Å². The number of likely N-dealkylation sites (N-methyl/N-ethyl adjacent to an activating group) is 1. The number of piperazine rings is 1. The zero-order chi connectivity index (χ0) is 13.2. The first-order valence-corrected chi connectivity index (χ1v) is 6.59. The molecule has 2 aromatic rings. The number of carbonyl (C=O) groups is 1. The number of aromatic nitrogens is 2. The third kappa shape index (κ3) is 2.67. The largest absolute Gasteiger partial charge is 0.304 e. The highest BCUT2D eigenvalue weighted by Gasteiger charge is 2.17. The molecule has 1 saturated heterocycles. The molecule has 1 aromatic carbocycles. The van der Waals surface area contributed by atoms with Crippen molar-refractivity contribution < 1.29 is 4.79 Å². The molecule has 0 atom stereocenters. The first-order valence-electron chi connectivity index (χ1n) is 6.59. The van der Waals surface area contributed by atoms with Crippen LogP contribution in [-0.2, 0) is 0 Å². The van der Waals surface area contributed by atoms with Crippen LogP contribution in [0.3, 0.4) is 0 Å². The topological polar surface area (TPSA) is 52.2 Å². The van der Waals surface area contributed by atoms with Gasteiger partial charge in [-0.05, 0) is 13.1 Å². The minimum Gasteiger partial charge on any atom is -0.304 e. The molecule has 0 aliphatic carbocycles. The van der Waals surface area contributed by atoms with Crippen LogP contribution in [0.4, 0.5) is 0 Å². The lowest BCUT2D eigenvalue weighted by atomic mass is 10.1. The maximum absolute atomic E-state index is 12.3. The molecule has 1 aliphatic heterocycles. The van der Waals surface area contributed by atoms with Gasteiger partial charge < -0.3 is 4.90 Å². The Kier molecular flexibility index (Phi) is 3.31. The molecule has 1 fully saturated rings. The number of aromatic amines is 1. The molecule has 0 radical (unpaired) electrons. The second-order valence-corrected chi connectivity index (χ2v) is 5.17. The summed E-state index contributed by atoms with van der Waals surface area (Å²) in [5.41, 5.74) is 1.68. The van der Waals surface area contributed by atoms with Crippen molar-refractivity contribution in [1.82, 2.24) is 20.0 Å². The highest BCUT2D eigenvalue weighted by Crippen LogP contribution is 2.13. The zero-order valence-corrected chi connectivity index (χ0v) is 11.1. The van der Waals surface area contributed by atoms with Crippen molar-refractivity contribution in [2.75, 3.05) is 39.8 Å². The molecular formula is C14H18N4O. The summed E-state index contributed by atoms with van der Waals surface area (Å²) < 4.78 is 0. The van der Waals surface area contributed by atoms with Crippen LogP contribution < -0.4 is 0 Å². The molecule has 100 valence electrons. The minimum absolute atomic E-state index is 0.182. The third-order valence-electron chi connectivity index (χ3n) is 3.73. The maximum Gasteiger partial charge on any atom is 0.176 e. The van der Waals surface area contributed by atoms with Crippen LogP contribution in [0.1, 0.15) is 10.4 Å². The van der Waals surface area contributed by atoms with Gasteiger partial charge in [0.1, 0.15) is 0 Å².